The van der Waals surface area contributed by atoms with Gasteiger partial charge >= 0.3 is 0 Å². The minimum Gasteiger partial charge on any atom is -0.307 e. The predicted molar refractivity (Wildman–Crippen MR) is 74.2 cm³/mol. The molecule has 0 saturated carbocycles. The first-order chi connectivity index (χ1) is 8.70. The van der Waals surface area contributed by atoms with E-state index in [1.54, 1.807) is 12.1 Å². The maximum Gasteiger partial charge on any atom is 0.123 e. The van der Waals surface area contributed by atoms with Gasteiger partial charge in [0.25, 0.3) is 0 Å². The van der Waals surface area contributed by atoms with E-state index in [0.29, 0.717) is 12.1 Å². The van der Waals surface area contributed by atoms with Crippen molar-refractivity contribution in [3.8, 4) is 0 Å². The van der Waals surface area contributed by atoms with Crippen LogP contribution in [0.5, 0.6) is 0 Å². The normalized spacial score (nSPS) is 19.8. The van der Waals surface area contributed by atoms with Crippen LogP contribution >= 0.6 is 0 Å². The van der Waals surface area contributed by atoms with Crippen molar-refractivity contribution in [1.82, 2.24) is 5.32 Å². The molecule has 0 amide bonds. The lowest BCUT2D eigenvalue weighted by Crippen LogP contribution is -2.29. The Morgan fingerprint density at radius 2 is 2.22 bits per heavy atom. The molecular formula is C16H24FN. The van der Waals surface area contributed by atoms with Crippen molar-refractivity contribution < 1.29 is 4.39 Å². The summed E-state index contributed by atoms with van der Waals surface area (Å²) in [5, 5.41) is 3.69. The minimum absolute atomic E-state index is 0.106. The van der Waals surface area contributed by atoms with Crippen LogP contribution in [-0.4, -0.2) is 6.04 Å². The molecule has 1 aromatic carbocycles. The summed E-state index contributed by atoms with van der Waals surface area (Å²) >= 11 is 0. The molecule has 0 saturated heterocycles. The van der Waals surface area contributed by atoms with Gasteiger partial charge in [-0.05, 0) is 49.4 Å². The van der Waals surface area contributed by atoms with Crippen LogP contribution in [0.2, 0.25) is 0 Å². The summed E-state index contributed by atoms with van der Waals surface area (Å²) in [4.78, 5) is 0. The number of hydrogen-bond acceptors (Lipinski definition) is 1. The van der Waals surface area contributed by atoms with Crippen LogP contribution in [0.15, 0.2) is 18.2 Å². The number of fused-ring (bicyclic) bond motifs is 1. The van der Waals surface area contributed by atoms with E-state index in [9.17, 15) is 4.39 Å². The fourth-order valence-corrected chi connectivity index (χ4v) is 2.89. The van der Waals surface area contributed by atoms with E-state index in [0.717, 1.165) is 12.8 Å². The van der Waals surface area contributed by atoms with Gasteiger partial charge in [-0.15, -0.1) is 0 Å². The molecule has 0 fully saturated rings. The van der Waals surface area contributed by atoms with Crippen molar-refractivity contribution in [2.75, 3.05) is 0 Å². The average molecular weight is 249 g/mol. The molecule has 1 aromatic rings. The first kappa shape index (κ1) is 13.5. The van der Waals surface area contributed by atoms with Gasteiger partial charge in [0.2, 0.25) is 0 Å². The van der Waals surface area contributed by atoms with Crippen LogP contribution in [0.25, 0.3) is 0 Å². The summed E-state index contributed by atoms with van der Waals surface area (Å²) in [7, 11) is 0. The zero-order valence-electron chi connectivity index (χ0n) is 11.5. The highest BCUT2D eigenvalue weighted by Crippen LogP contribution is 2.32. The fourth-order valence-electron chi connectivity index (χ4n) is 2.89. The molecule has 100 valence electrons. The Morgan fingerprint density at radius 3 is 3.00 bits per heavy atom. The molecule has 0 bridgehead atoms. The molecule has 18 heavy (non-hydrogen) atoms. The van der Waals surface area contributed by atoms with Gasteiger partial charge in [0.1, 0.15) is 5.82 Å². The molecule has 2 rings (SSSR count). The van der Waals surface area contributed by atoms with E-state index >= 15 is 0 Å². The molecule has 1 N–H and O–H groups in total. The van der Waals surface area contributed by atoms with Crippen LogP contribution < -0.4 is 5.32 Å². The third-order valence-electron chi connectivity index (χ3n) is 3.91. The molecule has 1 aliphatic carbocycles. The minimum atomic E-state index is -0.106. The SMILES string of the molecule is CCCCCC(C)NC1CCc2cc(F)ccc21. The lowest BCUT2D eigenvalue weighted by atomic mass is 10.1. The molecular weight excluding hydrogens is 225 g/mol. The Balaban J connectivity index is 1.89. The van der Waals surface area contributed by atoms with Crippen molar-refractivity contribution in [2.24, 2.45) is 0 Å². The molecule has 2 atom stereocenters. The quantitative estimate of drug-likeness (QED) is 0.738. The van der Waals surface area contributed by atoms with E-state index in [1.807, 2.05) is 6.07 Å². The first-order valence-corrected chi connectivity index (χ1v) is 7.25. The lowest BCUT2D eigenvalue weighted by molar-refractivity contribution is 0.421. The molecule has 0 radical (unpaired) electrons. The second-order valence-corrected chi connectivity index (χ2v) is 5.50. The van der Waals surface area contributed by atoms with Crippen molar-refractivity contribution in [2.45, 2.75) is 64.5 Å². The Labute approximate surface area is 110 Å². The smallest absolute Gasteiger partial charge is 0.123 e. The zero-order valence-corrected chi connectivity index (χ0v) is 11.5. The number of unbranched alkanes of at least 4 members (excludes halogenated alkanes) is 2. The van der Waals surface area contributed by atoms with E-state index in [-0.39, 0.29) is 5.82 Å². The monoisotopic (exact) mass is 249 g/mol. The topological polar surface area (TPSA) is 12.0 Å². The fraction of sp³-hybridized carbons (Fsp3) is 0.625. The van der Waals surface area contributed by atoms with Gasteiger partial charge < -0.3 is 5.32 Å². The highest BCUT2D eigenvalue weighted by atomic mass is 19.1. The average Bonchev–Trinajstić information content (AvgIpc) is 2.72. The number of halogens is 1. The predicted octanol–water partition coefficient (Wildman–Crippen LogP) is 4.37. The van der Waals surface area contributed by atoms with Crippen LogP contribution in [0.4, 0.5) is 4.39 Å². The van der Waals surface area contributed by atoms with Gasteiger partial charge in [-0.3, -0.25) is 0 Å². The molecule has 1 aliphatic rings. The maximum atomic E-state index is 13.1. The van der Waals surface area contributed by atoms with E-state index in [1.165, 1.54) is 36.8 Å². The molecule has 2 unspecified atom stereocenters. The Hall–Kier alpha value is -0.890. The summed E-state index contributed by atoms with van der Waals surface area (Å²) < 4.78 is 13.1. The number of hydrogen-bond donors (Lipinski definition) is 1. The highest BCUT2D eigenvalue weighted by Gasteiger charge is 2.23. The van der Waals surface area contributed by atoms with Crippen molar-refractivity contribution >= 4 is 0 Å². The lowest BCUT2D eigenvalue weighted by Gasteiger charge is -2.20. The zero-order chi connectivity index (χ0) is 13.0. The first-order valence-electron chi connectivity index (χ1n) is 7.25. The molecule has 0 aromatic heterocycles. The Kier molecular flexibility index (Phi) is 4.76. The van der Waals surface area contributed by atoms with Crippen LogP contribution in [0, 0.1) is 5.82 Å². The van der Waals surface area contributed by atoms with E-state index in [2.05, 4.69) is 19.2 Å². The summed E-state index contributed by atoms with van der Waals surface area (Å²) in [5.41, 5.74) is 2.49. The van der Waals surface area contributed by atoms with Crippen LogP contribution in [0.1, 0.15) is 63.1 Å². The van der Waals surface area contributed by atoms with E-state index in [4.69, 9.17) is 0 Å². The van der Waals surface area contributed by atoms with Crippen molar-refractivity contribution in [1.29, 1.82) is 0 Å². The molecule has 0 heterocycles. The number of nitrogens with one attached hydrogen (secondary N) is 1. The summed E-state index contributed by atoms with van der Waals surface area (Å²) in [6.07, 6.45) is 7.24. The number of benzene rings is 1. The number of aryl methyl sites for hydroxylation is 1. The standard InChI is InChI=1S/C16H24FN/c1-3-4-5-6-12(2)18-16-10-7-13-11-14(17)8-9-15(13)16/h8-9,11-12,16,18H,3-7,10H2,1-2H3. The van der Waals surface area contributed by atoms with Crippen LogP contribution in [-0.2, 0) is 6.42 Å². The van der Waals surface area contributed by atoms with Crippen LogP contribution in [0.3, 0.4) is 0 Å². The third-order valence-corrected chi connectivity index (χ3v) is 3.91. The number of rotatable bonds is 6. The Morgan fingerprint density at radius 1 is 1.39 bits per heavy atom. The summed E-state index contributed by atoms with van der Waals surface area (Å²) in [5.74, 6) is -0.106. The molecule has 1 nitrogen and oxygen atoms in total. The second-order valence-electron chi connectivity index (χ2n) is 5.50. The molecule has 2 heteroatoms. The van der Waals surface area contributed by atoms with Gasteiger partial charge in [-0.1, -0.05) is 32.3 Å². The summed E-state index contributed by atoms with van der Waals surface area (Å²) in [6, 6.07) is 6.21. The second kappa shape index (κ2) is 6.33. The highest BCUT2D eigenvalue weighted by molar-refractivity contribution is 5.35. The third kappa shape index (κ3) is 3.32. The maximum absolute atomic E-state index is 13.1. The van der Waals surface area contributed by atoms with Crippen molar-refractivity contribution in [3.05, 3.63) is 35.1 Å². The molecule has 0 spiro atoms. The Bertz CT molecular complexity index is 389. The van der Waals surface area contributed by atoms with Gasteiger partial charge in [-0.2, -0.15) is 0 Å². The largest absolute Gasteiger partial charge is 0.307 e. The van der Waals surface area contributed by atoms with Gasteiger partial charge in [-0.25, -0.2) is 4.39 Å². The summed E-state index contributed by atoms with van der Waals surface area (Å²) in [6.45, 7) is 4.50. The molecule has 0 aliphatic heterocycles. The van der Waals surface area contributed by atoms with E-state index < -0.39 is 0 Å². The van der Waals surface area contributed by atoms with Gasteiger partial charge in [0.05, 0.1) is 0 Å². The van der Waals surface area contributed by atoms with Crippen molar-refractivity contribution in [3.63, 3.8) is 0 Å². The van der Waals surface area contributed by atoms with Gasteiger partial charge in [0, 0.05) is 12.1 Å². The van der Waals surface area contributed by atoms with Gasteiger partial charge in [0.15, 0.2) is 0 Å².